The van der Waals surface area contributed by atoms with E-state index >= 15 is 0 Å². The van der Waals surface area contributed by atoms with Gasteiger partial charge in [0, 0.05) is 16.5 Å². The maximum atomic E-state index is 5.93. The van der Waals surface area contributed by atoms with Crippen LogP contribution in [0.4, 0.5) is 0 Å². The highest BCUT2D eigenvalue weighted by molar-refractivity contribution is 9.10. The minimum atomic E-state index is 0.643. The zero-order valence-electron chi connectivity index (χ0n) is 9.12. The molecular weight excluding hydrogens is 304 g/mol. The molecule has 17 heavy (non-hydrogen) atoms. The molecule has 5 heteroatoms. The third kappa shape index (κ3) is 3.09. The highest BCUT2D eigenvalue weighted by Gasteiger charge is 2.07. The van der Waals surface area contributed by atoms with Gasteiger partial charge in [-0.2, -0.15) is 0 Å². The lowest BCUT2D eigenvalue weighted by Crippen LogP contribution is -2.00. The average Bonchev–Trinajstić information content (AvgIpc) is 2.79. The summed E-state index contributed by atoms with van der Waals surface area (Å²) in [5.74, 6) is 1.46. The number of aryl methyl sites for hydroxylation is 1. The van der Waals surface area contributed by atoms with Crippen LogP contribution in [0.3, 0.4) is 0 Å². The largest absolute Gasteiger partial charge is 0.441 e. The molecule has 2 N–H and O–H groups in total. The maximum Gasteiger partial charge on any atom is 0.194 e. The molecular formula is C12H12BrClN2O. The van der Waals surface area contributed by atoms with Gasteiger partial charge in [0.15, 0.2) is 11.7 Å². The van der Waals surface area contributed by atoms with E-state index in [0.717, 1.165) is 34.5 Å². The molecule has 0 saturated heterocycles. The van der Waals surface area contributed by atoms with Crippen molar-refractivity contribution in [3.8, 4) is 11.3 Å². The van der Waals surface area contributed by atoms with Gasteiger partial charge in [0.1, 0.15) is 0 Å². The van der Waals surface area contributed by atoms with E-state index < -0.39 is 0 Å². The van der Waals surface area contributed by atoms with Crippen LogP contribution in [0.5, 0.6) is 0 Å². The van der Waals surface area contributed by atoms with E-state index in [4.69, 9.17) is 21.8 Å². The highest BCUT2D eigenvalue weighted by Crippen LogP contribution is 2.29. The molecule has 0 aliphatic rings. The Balaban J connectivity index is 2.21. The maximum absolute atomic E-state index is 5.93. The Kier molecular flexibility index (Phi) is 4.20. The molecule has 0 unspecified atom stereocenters. The lowest BCUT2D eigenvalue weighted by molar-refractivity contribution is 0.499. The molecule has 1 aromatic heterocycles. The van der Waals surface area contributed by atoms with Gasteiger partial charge in [0.2, 0.25) is 0 Å². The first kappa shape index (κ1) is 12.6. The summed E-state index contributed by atoms with van der Waals surface area (Å²) in [6.45, 7) is 0.643. The van der Waals surface area contributed by atoms with Crippen LogP contribution in [0, 0.1) is 0 Å². The van der Waals surface area contributed by atoms with E-state index in [-0.39, 0.29) is 0 Å². The standard InChI is InChI=1S/C12H12BrClN2O/c13-9-6-8(3-4-10(9)14)11-7-16-12(17-11)2-1-5-15/h3-4,6-7H,1-2,5,15H2. The van der Waals surface area contributed by atoms with Gasteiger partial charge in [-0.3, -0.25) is 0 Å². The zero-order valence-corrected chi connectivity index (χ0v) is 11.5. The third-order valence-corrected chi connectivity index (χ3v) is 3.57. The topological polar surface area (TPSA) is 52.0 Å². The SMILES string of the molecule is NCCCc1ncc(-c2ccc(Cl)c(Br)c2)o1. The number of hydrogen-bond acceptors (Lipinski definition) is 3. The van der Waals surface area contributed by atoms with Gasteiger partial charge in [-0.25, -0.2) is 4.98 Å². The first-order chi connectivity index (χ1) is 8.20. The molecule has 90 valence electrons. The van der Waals surface area contributed by atoms with Crippen molar-refractivity contribution in [2.75, 3.05) is 6.54 Å². The van der Waals surface area contributed by atoms with E-state index in [1.807, 2.05) is 18.2 Å². The predicted octanol–water partition coefficient (Wildman–Crippen LogP) is 3.65. The van der Waals surface area contributed by atoms with Crippen molar-refractivity contribution < 1.29 is 4.42 Å². The smallest absolute Gasteiger partial charge is 0.194 e. The number of nitrogens with zero attached hydrogens (tertiary/aromatic N) is 1. The van der Waals surface area contributed by atoms with Crippen molar-refractivity contribution in [3.63, 3.8) is 0 Å². The van der Waals surface area contributed by atoms with Crippen molar-refractivity contribution in [2.24, 2.45) is 5.73 Å². The monoisotopic (exact) mass is 314 g/mol. The van der Waals surface area contributed by atoms with Crippen LogP contribution < -0.4 is 5.73 Å². The van der Waals surface area contributed by atoms with Gasteiger partial charge in [0.25, 0.3) is 0 Å². The molecule has 0 fully saturated rings. The van der Waals surface area contributed by atoms with E-state index in [9.17, 15) is 0 Å². The van der Waals surface area contributed by atoms with Crippen molar-refractivity contribution in [1.29, 1.82) is 0 Å². The molecule has 0 bridgehead atoms. The molecule has 3 nitrogen and oxygen atoms in total. The highest BCUT2D eigenvalue weighted by atomic mass is 79.9. The summed E-state index contributed by atoms with van der Waals surface area (Å²) in [7, 11) is 0. The van der Waals surface area contributed by atoms with Crippen molar-refractivity contribution in [1.82, 2.24) is 4.98 Å². The second-order valence-electron chi connectivity index (χ2n) is 3.64. The molecule has 0 atom stereocenters. The molecule has 0 aliphatic carbocycles. The zero-order chi connectivity index (χ0) is 12.3. The minimum absolute atomic E-state index is 0.643. The molecule has 0 aliphatic heterocycles. The molecule has 1 aromatic carbocycles. The fourth-order valence-corrected chi connectivity index (χ4v) is 1.96. The molecule has 2 aromatic rings. The van der Waals surface area contributed by atoms with Gasteiger partial charge < -0.3 is 10.2 Å². The second-order valence-corrected chi connectivity index (χ2v) is 4.90. The number of hydrogen-bond donors (Lipinski definition) is 1. The average molecular weight is 316 g/mol. The fraction of sp³-hybridized carbons (Fsp3) is 0.250. The molecule has 0 radical (unpaired) electrons. The van der Waals surface area contributed by atoms with Gasteiger partial charge in [-0.15, -0.1) is 0 Å². The first-order valence-corrected chi connectivity index (χ1v) is 6.48. The summed E-state index contributed by atoms with van der Waals surface area (Å²) in [4.78, 5) is 4.21. The minimum Gasteiger partial charge on any atom is -0.441 e. The molecule has 2 rings (SSSR count). The summed E-state index contributed by atoms with van der Waals surface area (Å²) in [6, 6.07) is 5.64. The Morgan fingerprint density at radius 1 is 1.41 bits per heavy atom. The van der Waals surface area contributed by atoms with Crippen LogP contribution in [0.15, 0.2) is 33.3 Å². The van der Waals surface area contributed by atoms with Crippen LogP contribution in [0.2, 0.25) is 5.02 Å². The van der Waals surface area contributed by atoms with Crippen molar-refractivity contribution >= 4 is 27.5 Å². The summed E-state index contributed by atoms with van der Waals surface area (Å²) in [6.07, 6.45) is 3.37. The lowest BCUT2D eigenvalue weighted by atomic mass is 10.2. The van der Waals surface area contributed by atoms with E-state index in [1.54, 1.807) is 6.20 Å². The van der Waals surface area contributed by atoms with E-state index in [2.05, 4.69) is 20.9 Å². The number of rotatable bonds is 4. The van der Waals surface area contributed by atoms with Crippen LogP contribution in [-0.4, -0.2) is 11.5 Å². The normalized spacial score (nSPS) is 10.8. The van der Waals surface area contributed by atoms with Crippen LogP contribution in [0.1, 0.15) is 12.3 Å². The van der Waals surface area contributed by atoms with Gasteiger partial charge in [0.05, 0.1) is 11.2 Å². The number of benzene rings is 1. The van der Waals surface area contributed by atoms with E-state index in [0.29, 0.717) is 11.6 Å². The van der Waals surface area contributed by atoms with Crippen LogP contribution in [-0.2, 0) is 6.42 Å². The molecule has 0 saturated carbocycles. The fourth-order valence-electron chi connectivity index (χ4n) is 1.46. The van der Waals surface area contributed by atoms with Gasteiger partial charge in [-0.05, 0) is 47.1 Å². The lowest BCUT2D eigenvalue weighted by Gasteiger charge is -1.99. The van der Waals surface area contributed by atoms with E-state index in [1.165, 1.54) is 0 Å². The Morgan fingerprint density at radius 3 is 2.94 bits per heavy atom. The Bertz CT molecular complexity index is 513. The van der Waals surface area contributed by atoms with Gasteiger partial charge in [-0.1, -0.05) is 11.6 Å². The summed E-state index contributed by atoms with van der Waals surface area (Å²) < 4.78 is 6.48. The van der Waals surface area contributed by atoms with Crippen LogP contribution >= 0.6 is 27.5 Å². The van der Waals surface area contributed by atoms with Gasteiger partial charge >= 0.3 is 0 Å². The quantitative estimate of drug-likeness (QED) is 0.937. The molecule has 0 amide bonds. The Morgan fingerprint density at radius 2 is 2.24 bits per heavy atom. The molecule has 1 heterocycles. The van der Waals surface area contributed by atoms with Crippen LogP contribution in [0.25, 0.3) is 11.3 Å². The Labute approximate surface area is 113 Å². The molecule has 0 spiro atoms. The predicted molar refractivity (Wildman–Crippen MR) is 72.0 cm³/mol. The second kappa shape index (κ2) is 5.67. The summed E-state index contributed by atoms with van der Waals surface area (Å²) >= 11 is 9.32. The summed E-state index contributed by atoms with van der Waals surface area (Å²) in [5, 5.41) is 0.677. The number of halogens is 2. The summed E-state index contributed by atoms with van der Waals surface area (Å²) in [5.41, 5.74) is 6.39. The van der Waals surface area contributed by atoms with Crippen molar-refractivity contribution in [3.05, 3.63) is 39.8 Å². The number of oxazole rings is 1. The first-order valence-electron chi connectivity index (χ1n) is 5.31. The number of aromatic nitrogens is 1. The van der Waals surface area contributed by atoms with Crippen molar-refractivity contribution in [2.45, 2.75) is 12.8 Å². The third-order valence-electron chi connectivity index (χ3n) is 2.35. The number of nitrogens with two attached hydrogens (primary N) is 1. The Hall–Kier alpha value is -0.840.